The molecule has 0 aliphatic carbocycles. The summed E-state index contributed by atoms with van der Waals surface area (Å²) in [5.41, 5.74) is 2.60. The van der Waals surface area contributed by atoms with Crippen LogP contribution in [0, 0.1) is 0 Å². The Morgan fingerprint density at radius 1 is 1.16 bits per heavy atom. The van der Waals surface area contributed by atoms with Crippen LogP contribution >= 0.6 is 0 Å². The number of benzene rings is 1. The Balaban J connectivity index is 1.56. The van der Waals surface area contributed by atoms with Gasteiger partial charge in [0.1, 0.15) is 12.9 Å². The molecule has 0 aliphatic rings. The van der Waals surface area contributed by atoms with Crippen LogP contribution in [-0.4, -0.2) is 42.6 Å². The maximum Gasteiger partial charge on any atom is 0.411 e. The number of aromatic nitrogens is 6. The highest BCUT2D eigenvalue weighted by atomic mass is 19.4. The zero-order valence-corrected chi connectivity index (χ0v) is 12.7. The Morgan fingerprint density at radius 2 is 1.96 bits per heavy atom. The molecule has 0 radical (unpaired) electrons. The molecule has 3 heterocycles. The molecule has 4 aromatic rings. The van der Waals surface area contributed by atoms with Gasteiger partial charge in [-0.2, -0.15) is 18.3 Å². The number of rotatable bonds is 4. The van der Waals surface area contributed by atoms with Crippen molar-refractivity contribution in [2.24, 2.45) is 0 Å². The molecular weight excluding hydrogens is 337 g/mol. The molecule has 0 unspecified atom stereocenters. The number of nitrogens with zero attached hydrogens (tertiary/aromatic N) is 5. The molecule has 0 amide bonds. The van der Waals surface area contributed by atoms with E-state index in [2.05, 4.69) is 30.0 Å². The number of aromatic amines is 1. The van der Waals surface area contributed by atoms with Crippen LogP contribution in [0.2, 0.25) is 0 Å². The van der Waals surface area contributed by atoms with Crippen LogP contribution in [0.4, 0.5) is 13.2 Å². The van der Waals surface area contributed by atoms with E-state index in [-0.39, 0.29) is 6.61 Å². The largest absolute Gasteiger partial charge is 0.411 e. The molecule has 0 saturated heterocycles. The van der Waals surface area contributed by atoms with E-state index in [0.29, 0.717) is 22.7 Å². The van der Waals surface area contributed by atoms with Crippen molar-refractivity contribution in [1.29, 1.82) is 0 Å². The van der Waals surface area contributed by atoms with Crippen molar-refractivity contribution < 1.29 is 17.9 Å². The molecule has 3 aromatic heterocycles. The summed E-state index contributed by atoms with van der Waals surface area (Å²) in [5, 5.41) is 11.8. The Kier molecular flexibility index (Phi) is 3.61. The van der Waals surface area contributed by atoms with Crippen molar-refractivity contribution >= 4 is 16.7 Å². The van der Waals surface area contributed by atoms with Crippen molar-refractivity contribution in [3.05, 3.63) is 42.4 Å². The van der Waals surface area contributed by atoms with Crippen LogP contribution in [0.5, 0.6) is 0 Å². The van der Waals surface area contributed by atoms with Crippen molar-refractivity contribution in [2.75, 3.05) is 6.61 Å². The molecule has 0 saturated carbocycles. The molecule has 0 bridgehead atoms. The first-order chi connectivity index (χ1) is 12.0. The maximum atomic E-state index is 12.1. The van der Waals surface area contributed by atoms with E-state index in [1.807, 2.05) is 0 Å². The Bertz CT molecular complexity index is 1020. The molecule has 128 valence electrons. The summed E-state index contributed by atoms with van der Waals surface area (Å²) in [6, 6.07) is 6.84. The summed E-state index contributed by atoms with van der Waals surface area (Å²) in [6.45, 7) is -1.38. The molecule has 0 aliphatic heterocycles. The van der Waals surface area contributed by atoms with Crippen LogP contribution in [0.25, 0.3) is 28.1 Å². The van der Waals surface area contributed by atoms with Crippen LogP contribution in [0.3, 0.4) is 0 Å². The van der Waals surface area contributed by atoms with E-state index >= 15 is 0 Å². The average Bonchev–Trinajstić information content (AvgIpc) is 3.20. The van der Waals surface area contributed by atoms with Crippen molar-refractivity contribution in [2.45, 2.75) is 12.8 Å². The van der Waals surface area contributed by atoms with Crippen molar-refractivity contribution in [3.8, 4) is 11.4 Å². The molecule has 0 spiro atoms. The monoisotopic (exact) mass is 348 g/mol. The van der Waals surface area contributed by atoms with E-state index in [1.165, 1.54) is 6.33 Å². The zero-order chi connectivity index (χ0) is 17.4. The highest BCUT2D eigenvalue weighted by molar-refractivity contribution is 5.88. The molecular formula is C15H11F3N6O. The topological polar surface area (TPSA) is 81.0 Å². The van der Waals surface area contributed by atoms with Gasteiger partial charge in [0, 0.05) is 5.56 Å². The van der Waals surface area contributed by atoms with Gasteiger partial charge in [0.05, 0.1) is 18.2 Å². The lowest BCUT2D eigenvalue weighted by molar-refractivity contribution is -0.176. The van der Waals surface area contributed by atoms with Gasteiger partial charge in [-0.1, -0.05) is 24.3 Å². The van der Waals surface area contributed by atoms with Gasteiger partial charge in [-0.25, -0.2) is 14.5 Å². The molecule has 1 aromatic carbocycles. The van der Waals surface area contributed by atoms with Gasteiger partial charge >= 0.3 is 6.18 Å². The second-order valence-electron chi connectivity index (χ2n) is 5.39. The van der Waals surface area contributed by atoms with E-state index in [1.54, 1.807) is 35.0 Å². The summed E-state index contributed by atoms with van der Waals surface area (Å²) in [7, 11) is 0. The van der Waals surface area contributed by atoms with E-state index in [4.69, 9.17) is 0 Å². The second kappa shape index (κ2) is 5.81. The SMILES string of the molecule is FC(F)(F)COCc1ccc(-c2nc3c4cn[nH]c4ncn3n2)cc1. The maximum absolute atomic E-state index is 12.1. The molecule has 1 N–H and O–H groups in total. The third-order valence-electron chi connectivity index (χ3n) is 3.53. The minimum absolute atomic E-state index is 0.113. The van der Waals surface area contributed by atoms with Gasteiger partial charge in [0.25, 0.3) is 0 Å². The number of H-pyrrole nitrogens is 1. The predicted octanol–water partition coefficient (Wildman–Crippen LogP) is 2.75. The zero-order valence-electron chi connectivity index (χ0n) is 12.7. The third kappa shape index (κ3) is 3.15. The Labute approximate surface area is 138 Å². The predicted molar refractivity (Wildman–Crippen MR) is 81.6 cm³/mol. The number of hydrogen-bond donors (Lipinski definition) is 1. The second-order valence-corrected chi connectivity index (χ2v) is 5.39. The lowest BCUT2D eigenvalue weighted by Gasteiger charge is -2.07. The first-order valence-electron chi connectivity index (χ1n) is 7.28. The summed E-state index contributed by atoms with van der Waals surface area (Å²) >= 11 is 0. The van der Waals surface area contributed by atoms with E-state index in [9.17, 15) is 13.2 Å². The Hall–Kier alpha value is -3.01. The first-order valence-corrected chi connectivity index (χ1v) is 7.28. The Morgan fingerprint density at radius 3 is 2.72 bits per heavy atom. The van der Waals surface area contributed by atoms with Crippen LogP contribution in [0.15, 0.2) is 36.8 Å². The number of ether oxygens (including phenoxy) is 1. The van der Waals surface area contributed by atoms with Crippen LogP contribution < -0.4 is 0 Å². The number of halogens is 3. The third-order valence-corrected chi connectivity index (χ3v) is 3.53. The van der Waals surface area contributed by atoms with Gasteiger partial charge in [-0.3, -0.25) is 5.10 Å². The molecule has 4 rings (SSSR count). The number of nitrogens with one attached hydrogen (secondary N) is 1. The normalized spacial score (nSPS) is 12.3. The minimum Gasteiger partial charge on any atom is -0.367 e. The van der Waals surface area contributed by atoms with Gasteiger partial charge in [0.2, 0.25) is 0 Å². The minimum atomic E-state index is -4.33. The smallest absolute Gasteiger partial charge is 0.367 e. The number of fused-ring (bicyclic) bond motifs is 3. The molecule has 25 heavy (non-hydrogen) atoms. The van der Waals surface area contributed by atoms with E-state index in [0.717, 1.165) is 10.9 Å². The van der Waals surface area contributed by atoms with Gasteiger partial charge in [-0.15, -0.1) is 5.10 Å². The van der Waals surface area contributed by atoms with Gasteiger partial charge in [-0.05, 0) is 5.56 Å². The summed E-state index contributed by atoms with van der Waals surface area (Å²) < 4.78 is 42.4. The fourth-order valence-electron chi connectivity index (χ4n) is 2.40. The average molecular weight is 348 g/mol. The fraction of sp³-hybridized carbons (Fsp3) is 0.200. The lowest BCUT2D eigenvalue weighted by atomic mass is 10.1. The number of alkyl halides is 3. The fourth-order valence-corrected chi connectivity index (χ4v) is 2.40. The summed E-state index contributed by atoms with van der Waals surface area (Å²) in [6.07, 6.45) is -1.17. The highest BCUT2D eigenvalue weighted by Crippen LogP contribution is 2.21. The summed E-state index contributed by atoms with van der Waals surface area (Å²) in [4.78, 5) is 8.66. The molecule has 0 atom stereocenters. The highest BCUT2D eigenvalue weighted by Gasteiger charge is 2.27. The number of hydrogen-bond acceptors (Lipinski definition) is 5. The molecule has 10 heteroatoms. The standard InChI is InChI=1S/C15H11F3N6O/c16-15(17,18)7-25-6-9-1-3-10(4-2-9)12-21-14-11-5-20-22-13(11)19-8-24(14)23-12/h1-5,8H,6-7H2,(H,20,22). The molecule has 7 nitrogen and oxygen atoms in total. The van der Waals surface area contributed by atoms with Crippen molar-refractivity contribution in [3.63, 3.8) is 0 Å². The van der Waals surface area contributed by atoms with Crippen LogP contribution in [0.1, 0.15) is 5.56 Å². The van der Waals surface area contributed by atoms with Gasteiger partial charge < -0.3 is 4.74 Å². The van der Waals surface area contributed by atoms with Crippen molar-refractivity contribution in [1.82, 2.24) is 29.8 Å². The first kappa shape index (κ1) is 15.5. The van der Waals surface area contributed by atoms with E-state index < -0.39 is 12.8 Å². The van der Waals surface area contributed by atoms with Crippen LogP contribution in [-0.2, 0) is 11.3 Å². The summed E-state index contributed by atoms with van der Waals surface area (Å²) in [5.74, 6) is 0.484. The van der Waals surface area contributed by atoms with Gasteiger partial charge in [0.15, 0.2) is 17.1 Å². The lowest BCUT2D eigenvalue weighted by Crippen LogP contribution is -2.16. The quantitative estimate of drug-likeness (QED) is 0.613. The molecule has 0 fully saturated rings.